The van der Waals surface area contributed by atoms with Crippen LogP contribution in [0.5, 0.6) is 0 Å². The van der Waals surface area contributed by atoms with Crippen LogP contribution in [0.15, 0.2) is 0 Å². The summed E-state index contributed by atoms with van der Waals surface area (Å²) in [7, 11) is 0. The highest BCUT2D eigenvalue weighted by atomic mass is 79.9. The molecule has 0 fully saturated rings. The Kier molecular flexibility index (Phi) is 12.4. The van der Waals surface area contributed by atoms with Crippen LogP contribution in [0.1, 0.15) is 71.6 Å². The number of ether oxygens (including phenoxy) is 1. The van der Waals surface area contributed by atoms with Crippen molar-refractivity contribution >= 4 is 21.9 Å². The quantitative estimate of drug-likeness (QED) is 0.310. The zero-order chi connectivity index (χ0) is 12.9. The Hall–Kier alpha value is -0.0500. The second-order valence-corrected chi connectivity index (χ2v) is 6.16. The summed E-state index contributed by atoms with van der Waals surface area (Å²) in [5.74, 6) is -0.0428. The first-order chi connectivity index (χ1) is 8.16. The van der Waals surface area contributed by atoms with Crippen molar-refractivity contribution in [3.05, 3.63) is 0 Å². The topological polar surface area (TPSA) is 26.3 Å². The van der Waals surface area contributed by atoms with Gasteiger partial charge in [0.15, 0.2) is 0 Å². The van der Waals surface area contributed by atoms with Gasteiger partial charge in [-0.2, -0.15) is 0 Å². The molecule has 0 aromatic rings. The molecule has 0 aromatic carbocycles. The molecular formula is C14H27BrO2. The fourth-order valence-electron chi connectivity index (χ4n) is 1.81. The van der Waals surface area contributed by atoms with E-state index in [4.69, 9.17) is 4.74 Å². The van der Waals surface area contributed by atoms with Crippen molar-refractivity contribution < 1.29 is 9.53 Å². The standard InChI is InChI=1S/C14H27BrO2/c1-3-17-14(16)12-10-8-6-4-5-7-9-11-13(2)15/h13H,3-12H2,1-2H3. The van der Waals surface area contributed by atoms with Gasteiger partial charge in [-0.3, -0.25) is 4.79 Å². The Morgan fingerprint density at radius 1 is 1.06 bits per heavy atom. The van der Waals surface area contributed by atoms with Crippen LogP contribution < -0.4 is 0 Å². The minimum absolute atomic E-state index is 0.0428. The predicted octanol–water partition coefficient (Wildman–Crippen LogP) is 4.84. The molecule has 0 amide bonds. The van der Waals surface area contributed by atoms with E-state index >= 15 is 0 Å². The normalized spacial score (nSPS) is 12.4. The van der Waals surface area contributed by atoms with Crippen molar-refractivity contribution in [3.63, 3.8) is 0 Å². The van der Waals surface area contributed by atoms with E-state index in [1.165, 1.54) is 38.5 Å². The van der Waals surface area contributed by atoms with Crippen LogP contribution in [0, 0.1) is 0 Å². The van der Waals surface area contributed by atoms with Gasteiger partial charge in [-0.25, -0.2) is 0 Å². The van der Waals surface area contributed by atoms with Crippen LogP contribution in [0.2, 0.25) is 0 Å². The van der Waals surface area contributed by atoms with Gasteiger partial charge in [0, 0.05) is 11.2 Å². The molecule has 0 aliphatic rings. The summed E-state index contributed by atoms with van der Waals surface area (Å²) in [6.45, 7) is 4.56. The summed E-state index contributed by atoms with van der Waals surface area (Å²) < 4.78 is 4.88. The summed E-state index contributed by atoms with van der Waals surface area (Å²) in [5.41, 5.74) is 0. The molecule has 0 spiro atoms. The highest BCUT2D eigenvalue weighted by Gasteiger charge is 2.00. The zero-order valence-corrected chi connectivity index (χ0v) is 12.9. The van der Waals surface area contributed by atoms with E-state index in [2.05, 4.69) is 22.9 Å². The van der Waals surface area contributed by atoms with Crippen molar-refractivity contribution in [3.8, 4) is 0 Å². The van der Waals surface area contributed by atoms with Crippen LogP contribution in [0.25, 0.3) is 0 Å². The monoisotopic (exact) mass is 306 g/mol. The molecule has 1 atom stereocenters. The van der Waals surface area contributed by atoms with E-state index in [1.807, 2.05) is 6.92 Å². The third-order valence-corrected chi connectivity index (χ3v) is 3.25. The van der Waals surface area contributed by atoms with Gasteiger partial charge >= 0.3 is 5.97 Å². The largest absolute Gasteiger partial charge is 0.466 e. The Labute approximate surface area is 115 Å². The number of alkyl halides is 1. The second-order valence-electron chi connectivity index (χ2n) is 4.60. The van der Waals surface area contributed by atoms with Crippen LogP contribution in [-0.4, -0.2) is 17.4 Å². The second kappa shape index (κ2) is 12.4. The van der Waals surface area contributed by atoms with Crippen molar-refractivity contribution in [2.45, 2.75) is 76.5 Å². The molecule has 0 aliphatic carbocycles. The number of hydrogen-bond donors (Lipinski definition) is 0. The molecule has 0 bridgehead atoms. The maximum Gasteiger partial charge on any atom is 0.305 e. The number of halogens is 1. The van der Waals surface area contributed by atoms with E-state index in [-0.39, 0.29) is 5.97 Å². The van der Waals surface area contributed by atoms with E-state index in [1.54, 1.807) is 0 Å². The Morgan fingerprint density at radius 3 is 2.12 bits per heavy atom. The molecule has 0 N–H and O–H groups in total. The van der Waals surface area contributed by atoms with Crippen LogP contribution in [0.3, 0.4) is 0 Å². The maximum atomic E-state index is 11.1. The fourth-order valence-corrected chi connectivity index (χ4v) is 2.14. The maximum absolute atomic E-state index is 11.1. The molecule has 2 nitrogen and oxygen atoms in total. The molecule has 3 heteroatoms. The van der Waals surface area contributed by atoms with Crippen LogP contribution in [-0.2, 0) is 9.53 Å². The zero-order valence-electron chi connectivity index (χ0n) is 11.3. The number of carbonyl (C=O) groups is 1. The number of rotatable bonds is 11. The molecular weight excluding hydrogens is 280 g/mol. The minimum Gasteiger partial charge on any atom is -0.466 e. The van der Waals surface area contributed by atoms with Gasteiger partial charge in [-0.1, -0.05) is 61.4 Å². The van der Waals surface area contributed by atoms with Gasteiger partial charge in [0.1, 0.15) is 0 Å². The summed E-state index contributed by atoms with van der Waals surface area (Å²) in [6.07, 6.45) is 10.6. The smallest absolute Gasteiger partial charge is 0.305 e. The summed E-state index contributed by atoms with van der Waals surface area (Å²) in [4.78, 5) is 11.7. The summed E-state index contributed by atoms with van der Waals surface area (Å²) in [6, 6.07) is 0. The van der Waals surface area contributed by atoms with Crippen molar-refractivity contribution in [1.82, 2.24) is 0 Å². The van der Waals surface area contributed by atoms with E-state index in [0.29, 0.717) is 17.9 Å². The first-order valence-electron chi connectivity index (χ1n) is 6.96. The highest BCUT2D eigenvalue weighted by Crippen LogP contribution is 2.13. The molecule has 102 valence electrons. The SMILES string of the molecule is CCOC(=O)CCCCCCCCCC(C)Br. The van der Waals surface area contributed by atoms with E-state index in [0.717, 1.165) is 12.8 Å². The number of unbranched alkanes of at least 4 members (excludes halogenated alkanes) is 6. The van der Waals surface area contributed by atoms with Gasteiger partial charge in [0.05, 0.1) is 6.61 Å². The average Bonchev–Trinajstić information content (AvgIpc) is 2.27. The van der Waals surface area contributed by atoms with Crippen molar-refractivity contribution in [2.24, 2.45) is 0 Å². The lowest BCUT2D eigenvalue weighted by Gasteiger charge is -2.04. The van der Waals surface area contributed by atoms with Crippen LogP contribution in [0.4, 0.5) is 0 Å². The molecule has 0 rings (SSSR count). The van der Waals surface area contributed by atoms with Crippen LogP contribution >= 0.6 is 15.9 Å². The molecule has 0 aliphatic heterocycles. The first-order valence-corrected chi connectivity index (χ1v) is 7.88. The lowest BCUT2D eigenvalue weighted by molar-refractivity contribution is -0.143. The molecule has 0 saturated carbocycles. The lowest BCUT2D eigenvalue weighted by atomic mass is 10.1. The number of carbonyl (C=O) groups excluding carboxylic acids is 1. The molecule has 1 unspecified atom stereocenters. The number of esters is 1. The third kappa shape index (κ3) is 13.9. The molecule has 0 heterocycles. The van der Waals surface area contributed by atoms with Gasteiger partial charge in [-0.05, 0) is 19.8 Å². The Bertz CT molecular complexity index is 181. The molecule has 17 heavy (non-hydrogen) atoms. The molecule has 0 saturated heterocycles. The predicted molar refractivity (Wildman–Crippen MR) is 76.6 cm³/mol. The highest BCUT2D eigenvalue weighted by molar-refractivity contribution is 9.09. The van der Waals surface area contributed by atoms with E-state index in [9.17, 15) is 4.79 Å². The Balaban J connectivity index is 3.06. The fraction of sp³-hybridized carbons (Fsp3) is 0.929. The Morgan fingerprint density at radius 2 is 1.59 bits per heavy atom. The van der Waals surface area contributed by atoms with Gasteiger partial charge in [0.2, 0.25) is 0 Å². The van der Waals surface area contributed by atoms with Crippen molar-refractivity contribution in [2.75, 3.05) is 6.61 Å². The molecule has 0 radical (unpaired) electrons. The third-order valence-electron chi connectivity index (χ3n) is 2.79. The average molecular weight is 307 g/mol. The molecule has 0 aromatic heterocycles. The van der Waals surface area contributed by atoms with Gasteiger partial charge < -0.3 is 4.74 Å². The minimum atomic E-state index is -0.0428. The first kappa shape index (κ1) is 16.9. The summed E-state index contributed by atoms with van der Waals surface area (Å²) in [5, 5.41) is 0. The van der Waals surface area contributed by atoms with Gasteiger partial charge in [-0.15, -0.1) is 0 Å². The van der Waals surface area contributed by atoms with Gasteiger partial charge in [0.25, 0.3) is 0 Å². The lowest BCUT2D eigenvalue weighted by Crippen LogP contribution is -2.03. The van der Waals surface area contributed by atoms with E-state index < -0.39 is 0 Å². The van der Waals surface area contributed by atoms with Crippen molar-refractivity contribution in [1.29, 1.82) is 0 Å². The number of hydrogen-bond acceptors (Lipinski definition) is 2. The summed E-state index contributed by atoms with van der Waals surface area (Å²) >= 11 is 3.56.